The molecule has 2 heterocycles. The van der Waals surface area contributed by atoms with Gasteiger partial charge in [0.1, 0.15) is 0 Å². The Kier molecular flexibility index (Phi) is 6.03. The van der Waals surface area contributed by atoms with Crippen LogP contribution in [0.3, 0.4) is 0 Å². The Labute approximate surface area is 200 Å². The number of esters is 1. The van der Waals surface area contributed by atoms with Crippen molar-refractivity contribution in [3.05, 3.63) is 70.6 Å². The number of aromatic nitrogens is 1. The molecule has 1 aromatic heterocycles. The van der Waals surface area contributed by atoms with E-state index in [1.54, 1.807) is 0 Å². The van der Waals surface area contributed by atoms with Gasteiger partial charge in [0.2, 0.25) is 0 Å². The number of carbonyl (C=O) groups excluding carboxylic acids is 2. The van der Waals surface area contributed by atoms with Crippen molar-refractivity contribution in [3.8, 4) is 0 Å². The monoisotopic (exact) mass is 456 g/mol. The molecule has 1 aliphatic heterocycles. The largest absolute Gasteiger partial charge is 0.462 e. The lowest BCUT2D eigenvalue weighted by Gasteiger charge is -2.34. The van der Waals surface area contributed by atoms with E-state index in [0.29, 0.717) is 18.6 Å². The van der Waals surface area contributed by atoms with E-state index >= 15 is 0 Å². The molecule has 0 spiro atoms. The molecule has 1 atom stereocenters. The molecule has 5 heteroatoms. The van der Waals surface area contributed by atoms with Gasteiger partial charge in [-0.3, -0.25) is 4.79 Å². The maximum atomic E-state index is 13.3. The number of ether oxygens (including phenoxy) is 1. The molecule has 2 aliphatic rings. The molecule has 0 saturated heterocycles. The number of benzene rings is 2. The lowest BCUT2D eigenvalue weighted by molar-refractivity contribution is -0.139. The Bertz CT molecular complexity index is 1360. The summed E-state index contributed by atoms with van der Waals surface area (Å²) in [4.78, 5) is 26.5. The second kappa shape index (κ2) is 9.13. The van der Waals surface area contributed by atoms with Crippen LogP contribution in [0.1, 0.15) is 64.4 Å². The van der Waals surface area contributed by atoms with Crippen LogP contribution in [0, 0.1) is 0 Å². The quantitative estimate of drug-likeness (QED) is 0.358. The number of unbranched alkanes of at least 4 members (excludes halogenated alkanes) is 1. The third-order valence-corrected chi connectivity index (χ3v) is 7.17. The predicted molar refractivity (Wildman–Crippen MR) is 135 cm³/mol. The fourth-order valence-electron chi connectivity index (χ4n) is 5.57. The van der Waals surface area contributed by atoms with Crippen LogP contribution in [0.25, 0.3) is 21.8 Å². The molecule has 34 heavy (non-hydrogen) atoms. The van der Waals surface area contributed by atoms with Gasteiger partial charge in [-0.05, 0) is 56.9 Å². The van der Waals surface area contributed by atoms with E-state index in [4.69, 9.17) is 4.74 Å². The van der Waals surface area contributed by atoms with Crippen LogP contribution in [0.15, 0.2) is 65.0 Å². The van der Waals surface area contributed by atoms with Crippen LogP contribution < -0.4 is 5.32 Å². The molecule has 3 aromatic rings. The number of aryl methyl sites for hydroxylation is 1. The molecule has 0 bridgehead atoms. The van der Waals surface area contributed by atoms with Gasteiger partial charge < -0.3 is 14.6 Å². The molecule has 1 N–H and O–H groups in total. The first-order valence-corrected chi connectivity index (χ1v) is 12.5. The molecule has 5 nitrogen and oxygen atoms in total. The number of para-hydroxylation sites is 1. The highest BCUT2D eigenvalue weighted by molar-refractivity contribution is 6.09. The number of ketones is 1. The van der Waals surface area contributed by atoms with Gasteiger partial charge in [-0.15, -0.1) is 0 Å². The van der Waals surface area contributed by atoms with E-state index in [0.717, 1.165) is 60.1 Å². The molecule has 0 fully saturated rings. The minimum atomic E-state index is -0.411. The average molecular weight is 457 g/mol. The minimum absolute atomic E-state index is 0.126. The molecular formula is C29H32N2O3. The zero-order valence-corrected chi connectivity index (χ0v) is 20.2. The van der Waals surface area contributed by atoms with Gasteiger partial charge in [-0.25, -0.2) is 4.79 Å². The summed E-state index contributed by atoms with van der Waals surface area (Å²) >= 11 is 0. The molecule has 1 aliphatic carbocycles. The van der Waals surface area contributed by atoms with E-state index in [2.05, 4.69) is 66.2 Å². The highest BCUT2D eigenvalue weighted by Crippen LogP contribution is 2.44. The SMILES string of the molecule is CCCCOC(=O)C1=C(C)NC2=C(C(=O)CCC2)[C@@H]1c1ccc2c(c1)c1ccccc1n2CC. The third kappa shape index (κ3) is 3.64. The highest BCUT2D eigenvalue weighted by Gasteiger charge is 2.39. The Morgan fingerprint density at radius 3 is 2.68 bits per heavy atom. The maximum absolute atomic E-state index is 13.3. The predicted octanol–water partition coefficient (Wildman–Crippen LogP) is 6.13. The van der Waals surface area contributed by atoms with Crippen LogP contribution >= 0.6 is 0 Å². The molecule has 0 saturated carbocycles. The Morgan fingerprint density at radius 1 is 1.09 bits per heavy atom. The molecule has 0 radical (unpaired) electrons. The Hall–Kier alpha value is -3.34. The molecule has 0 unspecified atom stereocenters. The van der Waals surface area contributed by atoms with Crippen molar-refractivity contribution < 1.29 is 14.3 Å². The first-order valence-electron chi connectivity index (χ1n) is 12.5. The smallest absolute Gasteiger partial charge is 0.336 e. The van der Waals surface area contributed by atoms with E-state index < -0.39 is 5.92 Å². The Morgan fingerprint density at radius 2 is 1.88 bits per heavy atom. The zero-order chi connectivity index (χ0) is 23.8. The number of dihydropyridines is 1. The van der Waals surface area contributed by atoms with Crippen LogP contribution in [-0.4, -0.2) is 22.9 Å². The van der Waals surface area contributed by atoms with Gasteiger partial charge >= 0.3 is 5.97 Å². The van der Waals surface area contributed by atoms with Gasteiger partial charge in [0, 0.05) is 57.7 Å². The molecule has 5 rings (SSSR count). The van der Waals surface area contributed by atoms with Crippen molar-refractivity contribution >= 4 is 33.6 Å². The van der Waals surface area contributed by atoms with E-state index in [-0.39, 0.29) is 11.8 Å². The van der Waals surface area contributed by atoms with E-state index in [9.17, 15) is 9.59 Å². The maximum Gasteiger partial charge on any atom is 0.336 e. The number of Topliss-reactive ketones (excluding diaryl/α,β-unsaturated/α-hetero) is 1. The van der Waals surface area contributed by atoms with Gasteiger partial charge in [0.05, 0.1) is 12.2 Å². The number of rotatable bonds is 6. The lowest BCUT2D eigenvalue weighted by atomic mass is 9.75. The topological polar surface area (TPSA) is 60.3 Å². The summed E-state index contributed by atoms with van der Waals surface area (Å²) in [5.41, 5.74) is 6.37. The van der Waals surface area contributed by atoms with E-state index in [1.165, 1.54) is 16.4 Å². The molecule has 2 aromatic carbocycles. The summed E-state index contributed by atoms with van der Waals surface area (Å²) in [6, 6.07) is 14.8. The van der Waals surface area contributed by atoms with Crippen LogP contribution in [-0.2, 0) is 20.9 Å². The number of hydrogen-bond donors (Lipinski definition) is 1. The number of allylic oxidation sites excluding steroid dienone is 3. The molecule has 0 amide bonds. The van der Waals surface area contributed by atoms with E-state index in [1.807, 2.05) is 6.92 Å². The normalized spacial score (nSPS) is 18.4. The molecule has 176 valence electrons. The standard InChI is InChI=1S/C29H32N2O3/c1-4-6-16-34-29(33)26-18(3)30-22-11-9-13-25(32)28(22)27(26)19-14-15-24-21(17-19)20-10-7-8-12-23(20)31(24)5-2/h7-8,10,12,14-15,17,27,30H,4-6,9,11,13,16H2,1-3H3/t27-/m1/s1. The van der Waals surface area contributed by atoms with Crippen LogP contribution in [0.2, 0.25) is 0 Å². The van der Waals surface area contributed by atoms with Crippen LogP contribution in [0.5, 0.6) is 0 Å². The number of carbonyl (C=O) groups is 2. The minimum Gasteiger partial charge on any atom is -0.462 e. The first kappa shape index (κ1) is 22.5. The second-order valence-electron chi connectivity index (χ2n) is 9.29. The summed E-state index contributed by atoms with van der Waals surface area (Å²) in [5.74, 6) is -0.614. The molecular weight excluding hydrogens is 424 g/mol. The number of hydrogen-bond acceptors (Lipinski definition) is 4. The van der Waals surface area contributed by atoms with Gasteiger partial charge in [-0.2, -0.15) is 0 Å². The van der Waals surface area contributed by atoms with Crippen LogP contribution in [0.4, 0.5) is 0 Å². The zero-order valence-electron chi connectivity index (χ0n) is 20.2. The number of nitrogens with one attached hydrogen (secondary N) is 1. The number of fused-ring (bicyclic) bond motifs is 3. The van der Waals surface area contributed by atoms with Gasteiger partial charge in [-0.1, -0.05) is 37.6 Å². The summed E-state index contributed by atoms with van der Waals surface area (Å²) in [6.45, 7) is 7.41. The van der Waals surface area contributed by atoms with Gasteiger partial charge in [0.25, 0.3) is 0 Å². The first-order chi connectivity index (χ1) is 16.5. The van der Waals surface area contributed by atoms with Gasteiger partial charge in [0.15, 0.2) is 5.78 Å². The Balaban J connectivity index is 1.69. The highest BCUT2D eigenvalue weighted by atomic mass is 16.5. The summed E-state index contributed by atoms with van der Waals surface area (Å²) in [7, 11) is 0. The average Bonchev–Trinajstić information content (AvgIpc) is 3.16. The van der Waals surface area contributed by atoms with Crippen molar-refractivity contribution in [1.29, 1.82) is 0 Å². The fourth-order valence-corrected chi connectivity index (χ4v) is 5.57. The van der Waals surface area contributed by atoms with Crippen molar-refractivity contribution in [2.75, 3.05) is 6.61 Å². The van der Waals surface area contributed by atoms with Crippen molar-refractivity contribution in [2.24, 2.45) is 0 Å². The lowest BCUT2D eigenvalue weighted by Crippen LogP contribution is -2.34. The van der Waals surface area contributed by atoms with Crippen molar-refractivity contribution in [3.63, 3.8) is 0 Å². The summed E-state index contributed by atoms with van der Waals surface area (Å²) in [5, 5.41) is 5.72. The fraction of sp³-hybridized carbons (Fsp3) is 0.379. The van der Waals surface area contributed by atoms with Crippen molar-refractivity contribution in [2.45, 2.75) is 65.3 Å². The summed E-state index contributed by atoms with van der Waals surface area (Å²) < 4.78 is 7.98. The number of nitrogens with zero attached hydrogens (tertiary/aromatic N) is 1. The third-order valence-electron chi connectivity index (χ3n) is 7.17. The second-order valence-corrected chi connectivity index (χ2v) is 9.29. The van der Waals surface area contributed by atoms with Crippen molar-refractivity contribution in [1.82, 2.24) is 9.88 Å². The summed E-state index contributed by atoms with van der Waals surface area (Å²) in [6.07, 6.45) is 3.96.